The number of halogens is 1. The third-order valence-corrected chi connectivity index (χ3v) is 3.07. The zero-order valence-corrected chi connectivity index (χ0v) is 11.8. The molecule has 2 N–H and O–H groups in total. The third kappa shape index (κ3) is 4.24. The van der Waals surface area contributed by atoms with Crippen LogP contribution in [0, 0.1) is 5.41 Å². The van der Waals surface area contributed by atoms with Crippen molar-refractivity contribution in [3.05, 3.63) is 34.3 Å². The lowest BCUT2D eigenvalue weighted by molar-refractivity contribution is -0.0216. The largest absolute Gasteiger partial charge is 0.372 e. The second-order valence-corrected chi connectivity index (χ2v) is 5.94. The fraction of sp³-hybridized carbons (Fsp3) is 0.538. The molecule has 2 nitrogen and oxygen atoms in total. The fourth-order valence-corrected chi connectivity index (χ4v) is 1.71. The van der Waals surface area contributed by atoms with Crippen LogP contribution in [-0.4, -0.2) is 12.6 Å². The van der Waals surface area contributed by atoms with E-state index in [0.29, 0.717) is 13.2 Å². The molecular formula is C13H20BrNO. The maximum absolute atomic E-state index is 5.84. The molecule has 1 atom stereocenters. The van der Waals surface area contributed by atoms with Crippen molar-refractivity contribution in [1.82, 2.24) is 0 Å². The van der Waals surface area contributed by atoms with Crippen molar-refractivity contribution in [3.63, 3.8) is 0 Å². The van der Waals surface area contributed by atoms with Crippen LogP contribution in [0.4, 0.5) is 0 Å². The van der Waals surface area contributed by atoms with Crippen LogP contribution < -0.4 is 5.73 Å². The molecule has 0 aromatic heterocycles. The average molecular weight is 286 g/mol. The predicted octanol–water partition coefficient (Wildman–Crippen LogP) is 3.34. The topological polar surface area (TPSA) is 35.2 Å². The van der Waals surface area contributed by atoms with Crippen molar-refractivity contribution in [2.75, 3.05) is 6.54 Å². The van der Waals surface area contributed by atoms with Crippen LogP contribution >= 0.6 is 15.9 Å². The standard InChI is InChI=1S/C13H20BrNO/c1-13(2,3)12(8-15)16-9-10-4-6-11(14)7-5-10/h4-7,12H,8-9,15H2,1-3H3. The van der Waals surface area contributed by atoms with E-state index in [1.54, 1.807) is 0 Å². The number of hydrogen-bond donors (Lipinski definition) is 1. The first-order valence-electron chi connectivity index (χ1n) is 5.49. The molecule has 1 rings (SSSR count). The van der Waals surface area contributed by atoms with E-state index in [0.717, 1.165) is 4.47 Å². The summed E-state index contributed by atoms with van der Waals surface area (Å²) in [5.41, 5.74) is 6.97. The van der Waals surface area contributed by atoms with Crippen molar-refractivity contribution < 1.29 is 4.74 Å². The summed E-state index contributed by atoms with van der Waals surface area (Å²) in [5.74, 6) is 0. The zero-order chi connectivity index (χ0) is 12.2. The number of rotatable bonds is 4. The molecule has 0 spiro atoms. The van der Waals surface area contributed by atoms with Crippen LogP contribution in [0.2, 0.25) is 0 Å². The van der Waals surface area contributed by atoms with Crippen LogP contribution in [-0.2, 0) is 11.3 Å². The van der Waals surface area contributed by atoms with Gasteiger partial charge in [0.2, 0.25) is 0 Å². The van der Waals surface area contributed by atoms with Crippen molar-refractivity contribution in [3.8, 4) is 0 Å². The third-order valence-electron chi connectivity index (χ3n) is 2.54. The van der Waals surface area contributed by atoms with Crippen LogP contribution in [0.3, 0.4) is 0 Å². The van der Waals surface area contributed by atoms with Gasteiger partial charge in [0.1, 0.15) is 0 Å². The zero-order valence-electron chi connectivity index (χ0n) is 10.2. The Hall–Kier alpha value is -0.380. The van der Waals surface area contributed by atoms with Crippen LogP contribution in [0.5, 0.6) is 0 Å². The second kappa shape index (κ2) is 5.80. The Bertz CT molecular complexity index is 316. The van der Waals surface area contributed by atoms with E-state index in [4.69, 9.17) is 10.5 Å². The summed E-state index contributed by atoms with van der Waals surface area (Å²) in [7, 11) is 0. The second-order valence-electron chi connectivity index (χ2n) is 5.03. The maximum atomic E-state index is 5.84. The van der Waals surface area contributed by atoms with Gasteiger partial charge in [-0.15, -0.1) is 0 Å². The SMILES string of the molecule is CC(C)(C)C(CN)OCc1ccc(Br)cc1. The molecule has 0 fully saturated rings. The van der Waals surface area contributed by atoms with E-state index < -0.39 is 0 Å². The number of nitrogens with two attached hydrogens (primary N) is 1. The first-order chi connectivity index (χ1) is 7.43. The Balaban J connectivity index is 2.53. The molecule has 0 radical (unpaired) electrons. The maximum Gasteiger partial charge on any atom is 0.0749 e. The molecule has 0 aliphatic rings. The van der Waals surface area contributed by atoms with E-state index in [1.165, 1.54) is 5.56 Å². The summed E-state index contributed by atoms with van der Waals surface area (Å²) in [4.78, 5) is 0. The predicted molar refractivity (Wildman–Crippen MR) is 71.2 cm³/mol. The first kappa shape index (κ1) is 13.7. The molecule has 1 aromatic rings. The Morgan fingerprint density at radius 2 is 1.81 bits per heavy atom. The summed E-state index contributed by atoms with van der Waals surface area (Å²) >= 11 is 3.41. The highest BCUT2D eigenvalue weighted by molar-refractivity contribution is 9.10. The minimum atomic E-state index is 0.0874. The molecular weight excluding hydrogens is 266 g/mol. The van der Waals surface area contributed by atoms with Gasteiger partial charge in [-0.2, -0.15) is 0 Å². The lowest BCUT2D eigenvalue weighted by Gasteiger charge is -2.29. The van der Waals surface area contributed by atoms with Gasteiger partial charge in [-0.1, -0.05) is 48.8 Å². The average Bonchev–Trinajstić information content (AvgIpc) is 2.19. The summed E-state index contributed by atoms with van der Waals surface area (Å²) in [6.07, 6.45) is 0.0937. The Kier molecular flexibility index (Phi) is 4.96. The van der Waals surface area contributed by atoms with Crippen molar-refractivity contribution >= 4 is 15.9 Å². The molecule has 0 aliphatic heterocycles. The lowest BCUT2D eigenvalue weighted by Crippen LogP contribution is -2.36. The molecule has 1 unspecified atom stereocenters. The summed E-state index contributed by atoms with van der Waals surface area (Å²) < 4.78 is 6.93. The summed E-state index contributed by atoms with van der Waals surface area (Å²) in [6, 6.07) is 8.15. The molecule has 1 aromatic carbocycles. The van der Waals surface area contributed by atoms with Gasteiger partial charge < -0.3 is 10.5 Å². The number of hydrogen-bond acceptors (Lipinski definition) is 2. The van der Waals surface area contributed by atoms with E-state index in [-0.39, 0.29) is 11.5 Å². The monoisotopic (exact) mass is 285 g/mol. The van der Waals surface area contributed by atoms with Crippen molar-refractivity contribution in [2.24, 2.45) is 11.1 Å². The minimum Gasteiger partial charge on any atom is -0.372 e. The van der Waals surface area contributed by atoms with Gasteiger partial charge in [0.25, 0.3) is 0 Å². The van der Waals surface area contributed by atoms with Gasteiger partial charge in [0.05, 0.1) is 12.7 Å². The van der Waals surface area contributed by atoms with Gasteiger partial charge >= 0.3 is 0 Å². The Labute approximate surface area is 106 Å². The van der Waals surface area contributed by atoms with E-state index in [9.17, 15) is 0 Å². The van der Waals surface area contributed by atoms with E-state index in [1.807, 2.05) is 12.1 Å². The van der Waals surface area contributed by atoms with Crippen LogP contribution in [0.1, 0.15) is 26.3 Å². The van der Waals surface area contributed by atoms with Gasteiger partial charge in [-0.05, 0) is 23.1 Å². The summed E-state index contributed by atoms with van der Waals surface area (Å²) in [5, 5.41) is 0. The number of ether oxygens (including phenoxy) is 1. The van der Waals surface area contributed by atoms with E-state index in [2.05, 4.69) is 48.8 Å². The van der Waals surface area contributed by atoms with Crippen molar-refractivity contribution in [1.29, 1.82) is 0 Å². The molecule has 0 saturated heterocycles. The smallest absolute Gasteiger partial charge is 0.0749 e. The van der Waals surface area contributed by atoms with E-state index >= 15 is 0 Å². The fourth-order valence-electron chi connectivity index (χ4n) is 1.45. The highest BCUT2D eigenvalue weighted by Crippen LogP contribution is 2.22. The van der Waals surface area contributed by atoms with Crippen molar-refractivity contribution in [2.45, 2.75) is 33.5 Å². The lowest BCUT2D eigenvalue weighted by atomic mass is 9.89. The Morgan fingerprint density at radius 3 is 2.25 bits per heavy atom. The van der Waals surface area contributed by atoms with Crippen LogP contribution in [0.15, 0.2) is 28.7 Å². The summed E-state index contributed by atoms with van der Waals surface area (Å²) in [6.45, 7) is 7.61. The highest BCUT2D eigenvalue weighted by atomic mass is 79.9. The quantitative estimate of drug-likeness (QED) is 0.921. The molecule has 90 valence electrons. The molecule has 16 heavy (non-hydrogen) atoms. The molecule has 0 bridgehead atoms. The molecule has 0 aliphatic carbocycles. The Morgan fingerprint density at radius 1 is 1.25 bits per heavy atom. The minimum absolute atomic E-state index is 0.0874. The van der Waals surface area contributed by atoms with Gasteiger partial charge in [0, 0.05) is 11.0 Å². The molecule has 0 saturated carbocycles. The molecule has 3 heteroatoms. The normalized spacial score (nSPS) is 13.8. The van der Waals surface area contributed by atoms with Gasteiger partial charge in [-0.3, -0.25) is 0 Å². The molecule has 0 amide bonds. The number of benzene rings is 1. The van der Waals surface area contributed by atoms with Crippen LogP contribution in [0.25, 0.3) is 0 Å². The van der Waals surface area contributed by atoms with Gasteiger partial charge in [0.15, 0.2) is 0 Å². The highest BCUT2D eigenvalue weighted by Gasteiger charge is 2.23. The molecule has 0 heterocycles. The van der Waals surface area contributed by atoms with Gasteiger partial charge in [-0.25, -0.2) is 0 Å². The first-order valence-corrected chi connectivity index (χ1v) is 6.29.